The van der Waals surface area contributed by atoms with Crippen molar-refractivity contribution in [2.24, 2.45) is 0 Å². The van der Waals surface area contributed by atoms with E-state index < -0.39 is 0 Å². The molecule has 4 aromatic carbocycles. The van der Waals surface area contributed by atoms with E-state index in [4.69, 9.17) is 27.9 Å². The second-order valence-electron chi connectivity index (χ2n) is 8.48. The highest BCUT2D eigenvalue weighted by Crippen LogP contribution is 2.33. The molecule has 0 aliphatic carbocycles. The molecule has 0 aliphatic rings. The molecule has 190 valence electrons. The minimum Gasteiger partial charge on any atom is -0.505 e. The Morgan fingerprint density at radius 2 is 1.37 bits per heavy atom. The summed E-state index contributed by atoms with van der Waals surface area (Å²) in [7, 11) is 0. The number of carbonyl (C=O) groups is 1. The first-order valence-electron chi connectivity index (χ1n) is 11.7. The Morgan fingerprint density at radius 3 is 2.00 bits per heavy atom. The summed E-state index contributed by atoms with van der Waals surface area (Å²) in [4.78, 5) is 19.5. The van der Waals surface area contributed by atoms with Gasteiger partial charge in [0.2, 0.25) is 5.82 Å². The van der Waals surface area contributed by atoms with Crippen LogP contribution in [-0.4, -0.2) is 30.7 Å². The molecule has 7 nitrogen and oxygen atoms in total. The lowest BCUT2D eigenvalue weighted by molar-refractivity contribution is 0.0717. The van der Waals surface area contributed by atoms with Crippen LogP contribution in [-0.2, 0) is 13.1 Å². The number of halogens is 2. The van der Waals surface area contributed by atoms with Crippen LogP contribution in [0, 0.1) is 0 Å². The van der Waals surface area contributed by atoms with Crippen LogP contribution >= 0.6 is 23.2 Å². The summed E-state index contributed by atoms with van der Waals surface area (Å²) in [5.41, 5.74) is 2.36. The molecule has 1 aromatic heterocycles. The zero-order valence-corrected chi connectivity index (χ0v) is 21.5. The molecule has 1 amide bonds. The zero-order valence-electron chi connectivity index (χ0n) is 20.0. The highest BCUT2D eigenvalue weighted by Gasteiger charge is 2.22. The third-order valence-electron chi connectivity index (χ3n) is 5.73. The maximum Gasteiger partial charge on any atom is 0.294 e. The van der Waals surface area contributed by atoms with Gasteiger partial charge in [0.1, 0.15) is 17.8 Å². The van der Waals surface area contributed by atoms with Crippen LogP contribution in [0.15, 0.2) is 103 Å². The molecule has 9 heteroatoms. The summed E-state index contributed by atoms with van der Waals surface area (Å²) < 4.78 is 7.27. The number of para-hydroxylation sites is 1. The van der Waals surface area contributed by atoms with Crippen molar-refractivity contribution in [2.45, 2.75) is 13.1 Å². The third kappa shape index (κ3) is 5.96. The lowest BCUT2D eigenvalue weighted by atomic mass is 10.1. The number of amides is 1. The van der Waals surface area contributed by atoms with Crippen molar-refractivity contribution in [1.82, 2.24) is 19.7 Å². The lowest BCUT2D eigenvalue weighted by Crippen LogP contribution is -2.31. The van der Waals surface area contributed by atoms with E-state index in [1.165, 1.54) is 23.1 Å². The predicted octanol–water partition coefficient (Wildman–Crippen LogP) is 6.91. The third-order valence-corrected chi connectivity index (χ3v) is 6.30. The highest BCUT2D eigenvalue weighted by molar-refractivity contribution is 6.37. The van der Waals surface area contributed by atoms with Gasteiger partial charge < -0.3 is 14.7 Å². The Labute approximate surface area is 229 Å². The van der Waals surface area contributed by atoms with Crippen molar-refractivity contribution in [2.75, 3.05) is 0 Å². The minimum absolute atomic E-state index is 0.0188. The zero-order chi connectivity index (χ0) is 26.5. The Hall–Kier alpha value is -4.33. The molecule has 5 aromatic rings. The Kier molecular flexibility index (Phi) is 7.58. The largest absolute Gasteiger partial charge is 0.505 e. The van der Waals surface area contributed by atoms with Gasteiger partial charge in [-0.05, 0) is 47.5 Å². The summed E-state index contributed by atoms with van der Waals surface area (Å²) in [5, 5.41) is 14.3. The van der Waals surface area contributed by atoms with Gasteiger partial charge in [-0.3, -0.25) is 4.79 Å². The molecule has 0 radical (unpaired) electrons. The molecule has 0 bridgehead atoms. The lowest BCUT2D eigenvalue weighted by Gasteiger charge is -2.22. The van der Waals surface area contributed by atoms with Crippen LogP contribution in [0.1, 0.15) is 21.7 Å². The molecule has 0 atom stereocenters. The molecule has 5 rings (SSSR count). The SMILES string of the molecule is O=C(c1ncn(-c2cc(Cl)c(O)c(Cl)c2)n1)N(Cc1ccccc1)Cc1ccc(Oc2ccccc2)cc1. The van der Waals surface area contributed by atoms with Gasteiger partial charge in [-0.15, -0.1) is 5.10 Å². The van der Waals surface area contributed by atoms with Crippen molar-refractivity contribution in [3.05, 3.63) is 130 Å². The maximum absolute atomic E-state index is 13.6. The normalized spacial score (nSPS) is 10.8. The molecule has 0 fully saturated rings. The van der Waals surface area contributed by atoms with Crippen LogP contribution in [0.2, 0.25) is 10.0 Å². The van der Waals surface area contributed by atoms with Gasteiger partial charge in [-0.1, -0.05) is 83.9 Å². The summed E-state index contributed by atoms with van der Waals surface area (Å²) in [6.07, 6.45) is 1.41. The second kappa shape index (κ2) is 11.4. The average molecular weight is 545 g/mol. The number of rotatable bonds is 8. The van der Waals surface area contributed by atoms with Gasteiger partial charge in [0.25, 0.3) is 5.91 Å². The summed E-state index contributed by atoms with van der Waals surface area (Å²) in [6, 6.07) is 29.8. The number of hydrogen-bond acceptors (Lipinski definition) is 5. The van der Waals surface area contributed by atoms with Crippen LogP contribution < -0.4 is 4.74 Å². The summed E-state index contributed by atoms with van der Waals surface area (Å²) in [6.45, 7) is 0.706. The van der Waals surface area contributed by atoms with Crippen molar-refractivity contribution in [3.63, 3.8) is 0 Å². The number of benzene rings is 4. The van der Waals surface area contributed by atoms with E-state index in [-0.39, 0.29) is 27.5 Å². The molecule has 38 heavy (non-hydrogen) atoms. The molecule has 0 spiro atoms. The number of aromatic nitrogens is 3. The standard InChI is InChI=1S/C29H22Cl2N4O3/c30-25-15-22(16-26(31)27(25)36)35-19-32-28(33-35)29(37)34(17-20-7-3-1-4-8-20)18-21-11-13-24(14-12-21)38-23-9-5-2-6-10-23/h1-16,19,36H,17-18H2. The topological polar surface area (TPSA) is 80.5 Å². The van der Waals surface area contributed by atoms with Crippen LogP contribution in [0.5, 0.6) is 17.2 Å². The number of phenolic OH excluding ortho intramolecular Hbond substituents is 1. The van der Waals surface area contributed by atoms with Crippen LogP contribution in [0.25, 0.3) is 5.69 Å². The number of nitrogens with zero attached hydrogens (tertiary/aromatic N) is 4. The fourth-order valence-corrected chi connectivity index (χ4v) is 4.30. The van der Waals surface area contributed by atoms with E-state index >= 15 is 0 Å². The van der Waals surface area contributed by atoms with Crippen molar-refractivity contribution >= 4 is 29.1 Å². The first kappa shape index (κ1) is 25.3. The first-order chi connectivity index (χ1) is 18.5. The van der Waals surface area contributed by atoms with Gasteiger partial charge in [-0.2, -0.15) is 0 Å². The molecular weight excluding hydrogens is 523 g/mol. The fourth-order valence-electron chi connectivity index (χ4n) is 3.82. The number of aromatic hydroxyl groups is 1. The van der Waals surface area contributed by atoms with Crippen molar-refractivity contribution in [3.8, 4) is 22.9 Å². The van der Waals surface area contributed by atoms with E-state index in [0.29, 0.717) is 24.5 Å². The Balaban J connectivity index is 1.37. The van der Waals surface area contributed by atoms with Gasteiger partial charge in [-0.25, -0.2) is 9.67 Å². The average Bonchev–Trinajstić information content (AvgIpc) is 3.43. The molecule has 0 aliphatic heterocycles. The number of hydrogen-bond donors (Lipinski definition) is 1. The van der Waals surface area contributed by atoms with E-state index in [1.807, 2.05) is 84.9 Å². The van der Waals surface area contributed by atoms with Crippen LogP contribution in [0.4, 0.5) is 0 Å². The van der Waals surface area contributed by atoms with Crippen molar-refractivity contribution < 1.29 is 14.6 Å². The highest BCUT2D eigenvalue weighted by atomic mass is 35.5. The van der Waals surface area contributed by atoms with E-state index in [1.54, 1.807) is 4.90 Å². The first-order valence-corrected chi connectivity index (χ1v) is 12.5. The van der Waals surface area contributed by atoms with E-state index in [0.717, 1.165) is 16.9 Å². The second-order valence-corrected chi connectivity index (χ2v) is 9.29. The van der Waals surface area contributed by atoms with Crippen LogP contribution in [0.3, 0.4) is 0 Å². The number of phenols is 1. The Bertz CT molecular complexity index is 1520. The summed E-state index contributed by atoms with van der Waals surface area (Å²) >= 11 is 12.1. The predicted molar refractivity (Wildman–Crippen MR) is 146 cm³/mol. The van der Waals surface area contributed by atoms with E-state index in [9.17, 15) is 9.90 Å². The molecule has 1 heterocycles. The molecular formula is C29H22Cl2N4O3. The quantitative estimate of drug-likeness (QED) is 0.229. The van der Waals surface area contributed by atoms with Gasteiger partial charge in [0.05, 0.1) is 15.7 Å². The molecule has 0 unspecified atom stereocenters. The van der Waals surface area contributed by atoms with E-state index in [2.05, 4.69) is 10.1 Å². The van der Waals surface area contributed by atoms with Gasteiger partial charge >= 0.3 is 0 Å². The fraction of sp³-hybridized carbons (Fsp3) is 0.0690. The van der Waals surface area contributed by atoms with Crippen molar-refractivity contribution in [1.29, 1.82) is 0 Å². The molecule has 0 saturated heterocycles. The minimum atomic E-state index is -0.340. The molecule has 0 saturated carbocycles. The number of ether oxygens (including phenoxy) is 1. The molecule has 1 N–H and O–H groups in total. The summed E-state index contributed by atoms with van der Waals surface area (Å²) in [5.74, 6) is 0.910. The maximum atomic E-state index is 13.6. The van der Waals surface area contributed by atoms with Gasteiger partial charge in [0, 0.05) is 13.1 Å². The van der Waals surface area contributed by atoms with Gasteiger partial charge in [0.15, 0.2) is 5.75 Å². The Morgan fingerprint density at radius 1 is 0.816 bits per heavy atom. The monoisotopic (exact) mass is 544 g/mol. The smallest absolute Gasteiger partial charge is 0.294 e. The number of carbonyl (C=O) groups excluding carboxylic acids is 1.